The Labute approximate surface area is 163 Å². The van der Waals surface area contributed by atoms with E-state index in [1.54, 1.807) is 30.7 Å². The number of fused-ring (bicyclic) bond motifs is 1. The molecule has 1 aliphatic heterocycles. The maximum Gasteiger partial charge on any atom is 0.231 e. The summed E-state index contributed by atoms with van der Waals surface area (Å²) in [5.41, 5.74) is 2.03. The first-order valence-electron chi connectivity index (χ1n) is 9.10. The van der Waals surface area contributed by atoms with Gasteiger partial charge in [0.25, 0.3) is 0 Å². The third-order valence-corrected chi connectivity index (χ3v) is 5.16. The molecule has 7 heteroatoms. The van der Waals surface area contributed by atoms with E-state index < -0.39 is 0 Å². The normalized spacial score (nSPS) is 18.5. The minimum Gasteiger partial charge on any atom is -0.497 e. The van der Waals surface area contributed by atoms with E-state index in [-0.39, 0.29) is 18.0 Å². The molecule has 0 radical (unpaired) electrons. The van der Waals surface area contributed by atoms with Crippen molar-refractivity contribution in [2.45, 2.75) is 25.4 Å². The molecule has 2 heterocycles. The molecule has 0 unspecified atom stereocenters. The minimum absolute atomic E-state index is 0.0754. The lowest BCUT2D eigenvalue weighted by molar-refractivity contribution is -0.117. The number of carbonyl (C=O) groups is 1. The van der Waals surface area contributed by atoms with Gasteiger partial charge < -0.3 is 9.47 Å². The van der Waals surface area contributed by atoms with Gasteiger partial charge in [-0.3, -0.25) is 9.69 Å². The van der Waals surface area contributed by atoms with Crippen molar-refractivity contribution in [3.63, 3.8) is 0 Å². The van der Waals surface area contributed by atoms with Crippen LogP contribution in [0.1, 0.15) is 36.6 Å². The number of anilines is 1. The number of hydrogen-bond donors (Lipinski definition) is 0. The summed E-state index contributed by atoms with van der Waals surface area (Å²) in [5.74, 6) is 2.03. The van der Waals surface area contributed by atoms with E-state index in [2.05, 4.69) is 10.1 Å². The van der Waals surface area contributed by atoms with E-state index in [1.807, 2.05) is 48.5 Å². The van der Waals surface area contributed by atoms with Crippen LogP contribution in [0.3, 0.4) is 0 Å². The van der Waals surface area contributed by atoms with Crippen molar-refractivity contribution < 1.29 is 14.3 Å². The molecule has 0 N–H and O–H groups in total. The lowest BCUT2D eigenvalue weighted by Crippen LogP contribution is -2.41. The van der Waals surface area contributed by atoms with E-state index in [9.17, 15) is 4.79 Å². The lowest BCUT2D eigenvalue weighted by Gasteiger charge is -2.38. The van der Waals surface area contributed by atoms with Crippen LogP contribution >= 0.6 is 0 Å². The van der Waals surface area contributed by atoms with Crippen LogP contribution in [0.2, 0.25) is 0 Å². The van der Waals surface area contributed by atoms with Gasteiger partial charge in [-0.2, -0.15) is 10.1 Å². The lowest BCUT2D eigenvalue weighted by atomic mass is 9.91. The van der Waals surface area contributed by atoms with Crippen LogP contribution < -0.4 is 14.4 Å². The van der Waals surface area contributed by atoms with E-state index >= 15 is 0 Å². The fourth-order valence-electron chi connectivity index (χ4n) is 3.86. The average molecular weight is 378 g/mol. The van der Waals surface area contributed by atoms with Crippen LogP contribution in [0.15, 0.2) is 54.9 Å². The van der Waals surface area contributed by atoms with Crippen molar-refractivity contribution in [1.29, 1.82) is 0 Å². The second-order valence-corrected chi connectivity index (χ2v) is 6.68. The molecule has 1 amide bonds. The van der Waals surface area contributed by atoms with E-state index in [0.717, 1.165) is 22.6 Å². The van der Waals surface area contributed by atoms with Gasteiger partial charge in [-0.15, -0.1) is 0 Å². The van der Waals surface area contributed by atoms with Gasteiger partial charge in [-0.05, 0) is 30.2 Å². The predicted octanol–water partition coefficient (Wildman–Crippen LogP) is 3.38. The Hall–Kier alpha value is -3.35. The van der Waals surface area contributed by atoms with Crippen LogP contribution in [0, 0.1) is 0 Å². The first-order chi connectivity index (χ1) is 13.6. The Balaban J connectivity index is 1.83. The number of rotatable bonds is 4. The highest BCUT2D eigenvalue weighted by Crippen LogP contribution is 2.44. The number of amides is 1. The number of ether oxygens (including phenoxy) is 2. The van der Waals surface area contributed by atoms with Gasteiger partial charge in [0.05, 0.1) is 26.3 Å². The van der Waals surface area contributed by atoms with Crippen molar-refractivity contribution in [2.24, 2.45) is 0 Å². The Morgan fingerprint density at radius 3 is 2.46 bits per heavy atom. The Morgan fingerprint density at radius 2 is 1.79 bits per heavy atom. The second-order valence-electron chi connectivity index (χ2n) is 6.68. The number of para-hydroxylation sites is 1. The molecule has 28 heavy (non-hydrogen) atoms. The highest BCUT2D eigenvalue weighted by atomic mass is 16.5. The smallest absolute Gasteiger partial charge is 0.231 e. The summed E-state index contributed by atoms with van der Waals surface area (Å²) < 4.78 is 12.7. The molecular formula is C21H22N4O3. The molecule has 144 valence electrons. The Bertz CT molecular complexity index is 983. The molecule has 0 aliphatic carbocycles. The van der Waals surface area contributed by atoms with Crippen LogP contribution in [0.4, 0.5) is 5.95 Å². The molecular weight excluding hydrogens is 356 g/mol. The number of hydrogen-bond acceptors (Lipinski definition) is 5. The quantitative estimate of drug-likeness (QED) is 0.696. The molecule has 1 aromatic heterocycles. The number of methoxy groups -OCH3 is 2. The molecule has 3 aromatic rings. The van der Waals surface area contributed by atoms with Crippen molar-refractivity contribution >= 4 is 11.9 Å². The van der Waals surface area contributed by atoms with Crippen LogP contribution in [-0.4, -0.2) is 34.9 Å². The fraction of sp³-hybridized carbons (Fsp3) is 0.286. The predicted molar refractivity (Wildman–Crippen MR) is 105 cm³/mol. The third kappa shape index (κ3) is 2.98. The zero-order valence-electron chi connectivity index (χ0n) is 16.1. The van der Waals surface area contributed by atoms with Gasteiger partial charge in [0.15, 0.2) is 0 Å². The summed E-state index contributed by atoms with van der Waals surface area (Å²) in [6.45, 7) is 1.55. The Kier molecular flexibility index (Phi) is 4.73. The van der Waals surface area contributed by atoms with Crippen LogP contribution in [0.25, 0.3) is 0 Å². The SMILES string of the molecule is COc1ccc([C@@H]2C[C@@H](c3ccccc3OC)n3ncnc3N2C(C)=O)cc1. The van der Waals surface area contributed by atoms with Gasteiger partial charge >= 0.3 is 0 Å². The molecule has 4 rings (SSSR count). The average Bonchev–Trinajstić information content (AvgIpc) is 3.22. The number of aromatic nitrogens is 3. The second kappa shape index (κ2) is 7.34. The summed E-state index contributed by atoms with van der Waals surface area (Å²) in [6.07, 6.45) is 2.15. The summed E-state index contributed by atoms with van der Waals surface area (Å²) in [6, 6.07) is 15.4. The zero-order chi connectivity index (χ0) is 19.7. The van der Waals surface area contributed by atoms with Crippen molar-refractivity contribution in [1.82, 2.24) is 14.8 Å². The molecule has 0 bridgehead atoms. The molecule has 2 atom stereocenters. The van der Waals surface area contributed by atoms with Gasteiger partial charge in [-0.1, -0.05) is 30.3 Å². The van der Waals surface area contributed by atoms with Crippen molar-refractivity contribution in [2.75, 3.05) is 19.1 Å². The fourth-order valence-corrected chi connectivity index (χ4v) is 3.86. The maximum atomic E-state index is 12.5. The van der Waals surface area contributed by atoms with E-state index in [1.165, 1.54) is 6.33 Å². The molecule has 0 spiro atoms. The summed E-state index contributed by atoms with van der Waals surface area (Å²) >= 11 is 0. The summed E-state index contributed by atoms with van der Waals surface area (Å²) in [5, 5.41) is 4.41. The van der Waals surface area contributed by atoms with Crippen molar-refractivity contribution in [3.05, 3.63) is 66.0 Å². The number of carbonyl (C=O) groups excluding carboxylic acids is 1. The molecule has 1 aliphatic rings. The summed E-state index contributed by atoms with van der Waals surface area (Å²) in [7, 11) is 3.30. The van der Waals surface area contributed by atoms with Crippen molar-refractivity contribution in [3.8, 4) is 11.5 Å². The molecule has 0 saturated heterocycles. The first kappa shape index (κ1) is 18.0. The maximum absolute atomic E-state index is 12.5. The molecule has 0 fully saturated rings. The highest BCUT2D eigenvalue weighted by molar-refractivity contribution is 5.91. The summed E-state index contributed by atoms with van der Waals surface area (Å²) in [4.78, 5) is 18.6. The monoisotopic (exact) mass is 378 g/mol. The van der Waals surface area contributed by atoms with Gasteiger partial charge in [0.1, 0.15) is 17.8 Å². The van der Waals surface area contributed by atoms with E-state index in [0.29, 0.717) is 12.4 Å². The number of benzene rings is 2. The van der Waals surface area contributed by atoms with E-state index in [4.69, 9.17) is 9.47 Å². The highest BCUT2D eigenvalue weighted by Gasteiger charge is 2.38. The molecule has 2 aromatic carbocycles. The van der Waals surface area contributed by atoms with Crippen LogP contribution in [0.5, 0.6) is 11.5 Å². The standard InChI is InChI=1S/C21H22N4O3/c1-14(26)24-18(15-8-10-16(27-2)11-9-15)12-19(25-21(24)22-13-23-25)17-6-4-5-7-20(17)28-3/h4-11,13,18-19H,12H2,1-3H3/t18-,19-/m0/s1. The van der Waals surface area contributed by atoms with Gasteiger partial charge in [-0.25, -0.2) is 4.68 Å². The minimum atomic E-state index is -0.171. The largest absolute Gasteiger partial charge is 0.497 e. The van der Waals surface area contributed by atoms with Gasteiger partial charge in [0, 0.05) is 12.5 Å². The Morgan fingerprint density at radius 1 is 1.04 bits per heavy atom. The molecule has 0 saturated carbocycles. The molecule has 7 nitrogen and oxygen atoms in total. The topological polar surface area (TPSA) is 69.5 Å². The first-order valence-corrected chi connectivity index (χ1v) is 9.10. The number of nitrogens with zero attached hydrogens (tertiary/aromatic N) is 4. The zero-order valence-corrected chi connectivity index (χ0v) is 16.1. The van der Waals surface area contributed by atoms with Gasteiger partial charge in [0.2, 0.25) is 11.9 Å². The third-order valence-electron chi connectivity index (χ3n) is 5.16. The van der Waals surface area contributed by atoms with Crippen LogP contribution in [-0.2, 0) is 4.79 Å².